The molecule has 0 fully saturated rings. The number of benzene rings is 1. The molecular formula is C14H15NO2S2. The number of aryl methyl sites for hydroxylation is 1. The number of carboxylic acids is 1. The summed E-state index contributed by atoms with van der Waals surface area (Å²) in [5.41, 5.74) is 3.40. The predicted molar refractivity (Wildman–Crippen MR) is 80.7 cm³/mol. The van der Waals surface area contributed by atoms with Crippen molar-refractivity contribution >= 4 is 29.1 Å². The lowest BCUT2D eigenvalue weighted by Gasteiger charge is -1.97. The van der Waals surface area contributed by atoms with Crippen LogP contribution in [0.3, 0.4) is 0 Å². The highest BCUT2D eigenvalue weighted by molar-refractivity contribution is 7.98. The summed E-state index contributed by atoms with van der Waals surface area (Å²) in [6.45, 7) is 2.07. The summed E-state index contributed by atoms with van der Waals surface area (Å²) in [5, 5.41) is 11.6. The molecule has 1 heterocycles. The maximum atomic E-state index is 10.4. The van der Waals surface area contributed by atoms with Gasteiger partial charge < -0.3 is 5.11 Å². The van der Waals surface area contributed by atoms with E-state index in [1.165, 1.54) is 5.56 Å². The standard InChI is InChI=1S/C14H15NO2S2/c1-10-2-4-11(5-3-10)14-15-12(9-19-14)8-18-7-6-13(16)17/h2-5,9H,6-8H2,1H3,(H,16,17). The molecule has 0 saturated heterocycles. The first-order valence-electron chi connectivity index (χ1n) is 5.96. The molecule has 0 bridgehead atoms. The number of aliphatic carboxylic acids is 1. The SMILES string of the molecule is Cc1ccc(-c2nc(CSCCC(=O)O)cs2)cc1. The van der Waals surface area contributed by atoms with Crippen LogP contribution in [0.1, 0.15) is 17.7 Å². The number of thiazole rings is 1. The summed E-state index contributed by atoms with van der Waals surface area (Å²) in [6, 6.07) is 8.32. The van der Waals surface area contributed by atoms with Gasteiger partial charge in [0.05, 0.1) is 12.1 Å². The second-order valence-electron chi connectivity index (χ2n) is 4.21. The smallest absolute Gasteiger partial charge is 0.304 e. The largest absolute Gasteiger partial charge is 0.481 e. The molecule has 0 atom stereocenters. The van der Waals surface area contributed by atoms with E-state index in [2.05, 4.69) is 36.2 Å². The van der Waals surface area contributed by atoms with E-state index in [0.29, 0.717) is 5.75 Å². The third-order valence-corrected chi connectivity index (χ3v) is 4.49. The van der Waals surface area contributed by atoms with Crippen LogP contribution in [0.25, 0.3) is 10.6 Å². The lowest BCUT2D eigenvalue weighted by Crippen LogP contribution is -1.96. The summed E-state index contributed by atoms with van der Waals surface area (Å²) < 4.78 is 0. The van der Waals surface area contributed by atoms with Crippen LogP contribution in [0.5, 0.6) is 0 Å². The normalized spacial score (nSPS) is 10.6. The Kier molecular flexibility index (Phi) is 4.99. The molecule has 1 aromatic carbocycles. The number of aromatic nitrogens is 1. The molecule has 0 saturated carbocycles. The minimum Gasteiger partial charge on any atom is -0.481 e. The van der Waals surface area contributed by atoms with Crippen molar-refractivity contribution < 1.29 is 9.90 Å². The van der Waals surface area contributed by atoms with Crippen LogP contribution in [0, 0.1) is 6.92 Å². The number of carbonyl (C=O) groups is 1. The molecule has 1 N–H and O–H groups in total. The van der Waals surface area contributed by atoms with Gasteiger partial charge >= 0.3 is 5.97 Å². The predicted octanol–water partition coefficient (Wildman–Crippen LogP) is 3.83. The molecule has 2 aromatic rings. The van der Waals surface area contributed by atoms with Gasteiger partial charge in [-0.2, -0.15) is 11.8 Å². The molecule has 3 nitrogen and oxygen atoms in total. The minimum absolute atomic E-state index is 0.208. The van der Waals surface area contributed by atoms with Crippen LogP contribution in [0.4, 0.5) is 0 Å². The molecule has 0 radical (unpaired) electrons. The Morgan fingerprint density at radius 1 is 1.37 bits per heavy atom. The molecule has 0 aliphatic carbocycles. The fourth-order valence-electron chi connectivity index (χ4n) is 1.54. The summed E-state index contributed by atoms with van der Waals surface area (Å²) in [6.07, 6.45) is 0.208. The number of rotatable bonds is 6. The monoisotopic (exact) mass is 293 g/mol. The maximum Gasteiger partial charge on any atom is 0.304 e. The number of hydrogen-bond donors (Lipinski definition) is 1. The molecule has 0 aliphatic heterocycles. The van der Waals surface area contributed by atoms with Crippen LogP contribution in [-0.4, -0.2) is 21.8 Å². The molecule has 5 heteroatoms. The van der Waals surface area contributed by atoms with E-state index in [9.17, 15) is 4.79 Å². The fraction of sp³-hybridized carbons (Fsp3) is 0.286. The van der Waals surface area contributed by atoms with Crippen LogP contribution in [0.2, 0.25) is 0 Å². The third-order valence-electron chi connectivity index (χ3n) is 2.56. The second-order valence-corrected chi connectivity index (χ2v) is 6.17. The Labute approximate surface area is 120 Å². The lowest BCUT2D eigenvalue weighted by atomic mass is 10.2. The van der Waals surface area contributed by atoms with Gasteiger partial charge in [0, 0.05) is 22.4 Å². The van der Waals surface area contributed by atoms with Crippen LogP contribution in [-0.2, 0) is 10.5 Å². The zero-order valence-corrected chi connectivity index (χ0v) is 12.3. The van der Waals surface area contributed by atoms with Crippen molar-refractivity contribution in [2.24, 2.45) is 0 Å². The second kappa shape index (κ2) is 6.73. The van der Waals surface area contributed by atoms with Crippen molar-refractivity contribution in [1.82, 2.24) is 4.98 Å². The highest BCUT2D eigenvalue weighted by Crippen LogP contribution is 2.25. The van der Waals surface area contributed by atoms with E-state index in [4.69, 9.17) is 5.11 Å². The van der Waals surface area contributed by atoms with E-state index < -0.39 is 5.97 Å². The van der Waals surface area contributed by atoms with Crippen LogP contribution < -0.4 is 0 Å². The topological polar surface area (TPSA) is 50.2 Å². The molecular weight excluding hydrogens is 278 g/mol. The summed E-state index contributed by atoms with van der Waals surface area (Å²) in [5.74, 6) is 0.661. The maximum absolute atomic E-state index is 10.4. The molecule has 2 rings (SSSR count). The number of thioether (sulfide) groups is 1. The third kappa shape index (κ3) is 4.36. The summed E-state index contributed by atoms with van der Waals surface area (Å²) >= 11 is 3.24. The van der Waals surface area contributed by atoms with E-state index in [1.54, 1.807) is 23.1 Å². The molecule has 0 amide bonds. The average Bonchev–Trinajstić information content (AvgIpc) is 2.84. The Morgan fingerprint density at radius 2 is 2.11 bits per heavy atom. The number of carboxylic acid groups (broad SMARTS) is 1. The summed E-state index contributed by atoms with van der Waals surface area (Å²) in [4.78, 5) is 15.0. The van der Waals surface area contributed by atoms with E-state index in [1.807, 2.05) is 5.38 Å². The Morgan fingerprint density at radius 3 is 2.79 bits per heavy atom. The molecule has 100 valence electrons. The van der Waals surface area contributed by atoms with Gasteiger partial charge in [0.1, 0.15) is 5.01 Å². The zero-order chi connectivity index (χ0) is 13.7. The van der Waals surface area contributed by atoms with Crippen LogP contribution >= 0.6 is 23.1 Å². The first-order chi connectivity index (χ1) is 9.15. The lowest BCUT2D eigenvalue weighted by molar-refractivity contribution is -0.136. The number of nitrogens with zero attached hydrogens (tertiary/aromatic N) is 1. The molecule has 0 aliphatic rings. The highest BCUT2D eigenvalue weighted by Gasteiger charge is 2.05. The van der Waals surface area contributed by atoms with Gasteiger partial charge in [-0.3, -0.25) is 4.79 Å². The van der Waals surface area contributed by atoms with E-state index in [0.717, 1.165) is 22.0 Å². The van der Waals surface area contributed by atoms with Crippen molar-refractivity contribution in [3.05, 3.63) is 40.9 Å². The van der Waals surface area contributed by atoms with E-state index >= 15 is 0 Å². The molecule has 0 unspecified atom stereocenters. The minimum atomic E-state index is -0.744. The average molecular weight is 293 g/mol. The van der Waals surface area contributed by atoms with Gasteiger partial charge in [-0.05, 0) is 6.92 Å². The Hall–Kier alpha value is -1.33. The zero-order valence-electron chi connectivity index (χ0n) is 10.6. The van der Waals surface area contributed by atoms with Crippen molar-refractivity contribution in [1.29, 1.82) is 0 Å². The van der Waals surface area contributed by atoms with Gasteiger partial charge in [-0.1, -0.05) is 29.8 Å². The van der Waals surface area contributed by atoms with Crippen molar-refractivity contribution in [3.63, 3.8) is 0 Å². The van der Waals surface area contributed by atoms with Crippen molar-refractivity contribution in [2.45, 2.75) is 19.1 Å². The van der Waals surface area contributed by atoms with Gasteiger partial charge in [-0.15, -0.1) is 11.3 Å². The van der Waals surface area contributed by atoms with E-state index in [-0.39, 0.29) is 6.42 Å². The summed E-state index contributed by atoms with van der Waals surface area (Å²) in [7, 11) is 0. The van der Waals surface area contributed by atoms with Gasteiger partial charge in [-0.25, -0.2) is 4.98 Å². The first-order valence-corrected chi connectivity index (χ1v) is 7.99. The fourth-order valence-corrected chi connectivity index (χ4v) is 3.29. The van der Waals surface area contributed by atoms with Gasteiger partial charge in [0.2, 0.25) is 0 Å². The highest BCUT2D eigenvalue weighted by atomic mass is 32.2. The Balaban J connectivity index is 1.91. The quantitative estimate of drug-likeness (QED) is 0.822. The number of hydrogen-bond acceptors (Lipinski definition) is 4. The first kappa shape index (κ1) is 14.1. The van der Waals surface area contributed by atoms with Crippen molar-refractivity contribution in [2.75, 3.05) is 5.75 Å². The molecule has 0 spiro atoms. The van der Waals surface area contributed by atoms with Gasteiger partial charge in [0.25, 0.3) is 0 Å². The molecule has 19 heavy (non-hydrogen) atoms. The van der Waals surface area contributed by atoms with Crippen molar-refractivity contribution in [3.8, 4) is 10.6 Å². The van der Waals surface area contributed by atoms with Crippen LogP contribution in [0.15, 0.2) is 29.6 Å². The molecule has 1 aromatic heterocycles. The Bertz CT molecular complexity index is 549. The van der Waals surface area contributed by atoms with Gasteiger partial charge in [0.15, 0.2) is 0 Å².